The van der Waals surface area contributed by atoms with Crippen LogP contribution in [-0.2, 0) is 0 Å². The van der Waals surface area contributed by atoms with Crippen LogP contribution in [0.5, 0.6) is 0 Å². The summed E-state index contributed by atoms with van der Waals surface area (Å²) in [5.74, 6) is 0. The molecule has 2 atom stereocenters. The maximum Gasteiger partial charge on any atom is 0.271 e. The Morgan fingerprint density at radius 1 is 1.59 bits per heavy atom. The van der Waals surface area contributed by atoms with E-state index in [0.717, 1.165) is 0 Å². The minimum Gasteiger partial charge on any atom is -0.395 e. The smallest absolute Gasteiger partial charge is 0.271 e. The minimum absolute atomic E-state index is 0.0389. The second kappa shape index (κ2) is 6.46. The molecule has 0 fully saturated rings. The lowest BCUT2D eigenvalue weighted by molar-refractivity contribution is -0.384. The van der Waals surface area contributed by atoms with Crippen molar-refractivity contribution in [2.45, 2.75) is 18.2 Å². The normalized spacial score (nSPS) is 14.1. The SMILES string of the molecule is CSC(CO)C(C)Nc1cccc([N+](=O)[O-])c1. The number of non-ortho nitro benzene ring substituents is 1. The van der Waals surface area contributed by atoms with Gasteiger partial charge in [0.2, 0.25) is 0 Å². The van der Waals surface area contributed by atoms with Gasteiger partial charge in [-0.1, -0.05) is 6.07 Å². The van der Waals surface area contributed by atoms with Crippen LogP contribution in [0, 0.1) is 10.1 Å². The second-order valence-electron chi connectivity index (χ2n) is 3.70. The fourth-order valence-corrected chi connectivity index (χ4v) is 2.13. The average molecular weight is 256 g/mol. The number of hydrogen-bond donors (Lipinski definition) is 2. The van der Waals surface area contributed by atoms with Gasteiger partial charge in [-0.25, -0.2) is 0 Å². The average Bonchev–Trinajstić information content (AvgIpc) is 2.30. The van der Waals surface area contributed by atoms with Crippen LogP contribution in [0.2, 0.25) is 0 Å². The third kappa shape index (κ3) is 3.90. The number of anilines is 1. The molecule has 2 unspecified atom stereocenters. The van der Waals surface area contributed by atoms with E-state index < -0.39 is 4.92 Å². The van der Waals surface area contributed by atoms with Gasteiger partial charge in [0.1, 0.15) is 0 Å². The maximum atomic E-state index is 10.6. The van der Waals surface area contributed by atoms with Gasteiger partial charge in [-0.3, -0.25) is 10.1 Å². The van der Waals surface area contributed by atoms with E-state index in [2.05, 4.69) is 5.32 Å². The highest BCUT2D eigenvalue weighted by atomic mass is 32.2. The third-order valence-corrected chi connectivity index (χ3v) is 3.65. The number of nitrogens with one attached hydrogen (secondary N) is 1. The molecule has 0 saturated heterocycles. The highest BCUT2D eigenvalue weighted by Crippen LogP contribution is 2.20. The summed E-state index contributed by atoms with van der Waals surface area (Å²) in [6, 6.07) is 6.40. The number of aliphatic hydroxyl groups excluding tert-OH is 1. The molecule has 1 aromatic rings. The summed E-state index contributed by atoms with van der Waals surface area (Å²) >= 11 is 1.56. The first-order valence-electron chi connectivity index (χ1n) is 5.23. The summed E-state index contributed by atoms with van der Waals surface area (Å²) in [5.41, 5.74) is 0.756. The predicted molar refractivity (Wildman–Crippen MR) is 70.6 cm³/mol. The van der Waals surface area contributed by atoms with Gasteiger partial charge >= 0.3 is 0 Å². The number of aliphatic hydroxyl groups is 1. The number of nitro benzene ring substituents is 1. The molecule has 94 valence electrons. The number of rotatable bonds is 6. The second-order valence-corrected chi connectivity index (χ2v) is 4.77. The van der Waals surface area contributed by atoms with E-state index in [4.69, 9.17) is 5.11 Å². The predicted octanol–water partition coefficient (Wildman–Crippen LogP) is 2.12. The van der Waals surface area contributed by atoms with Gasteiger partial charge < -0.3 is 10.4 Å². The zero-order valence-electron chi connectivity index (χ0n) is 9.79. The molecule has 0 heterocycles. The highest BCUT2D eigenvalue weighted by Gasteiger charge is 2.15. The van der Waals surface area contributed by atoms with Crippen LogP contribution < -0.4 is 5.32 Å². The van der Waals surface area contributed by atoms with Crippen molar-refractivity contribution in [1.82, 2.24) is 0 Å². The lowest BCUT2D eigenvalue weighted by Gasteiger charge is -2.22. The van der Waals surface area contributed by atoms with E-state index >= 15 is 0 Å². The Hall–Kier alpha value is -1.27. The molecule has 17 heavy (non-hydrogen) atoms. The monoisotopic (exact) mass is 256 g/mol. The van der Waals surface area contributed by atoms with Crippen molar-refractivity contribution < 1.29 is 10.0 Å². The van der Waals surface area contributed by atoms with Gasteiger partial charge in [0.05, 0.1) is 11.5 Å². The molecule has 5 nitrogen and oxygen atoms in total. The number of nitro groups is 1. The Labute approximate surface area is 104 Å². The summed E-state index contributed by atoms with van der Waals surface area (Å²) in [4.78, 5) is 10.2. The lowest BCUT2D eigenvalue weighted by Crippen LogP contribution is -2.30. The molecule has 1 rings (SSSR count). The van der Waals surface area contributed by atoms with Crippen molar-refractivity contribution in [2.24, 2.45) is 0 Å². The lowest BCUT2D eigenvalue weighted by atomic mass is 10.2. The van der Waals surface area contributed by atoms with Crippen molar-refractivity contribution >= 4 is 23.1 Å². The molecule has 0 aliphatic heterocycles. The minimum atomic E-state index is -0.423. The molecule has 1 aromatic carbocycles. The summed E-state index contributed by atoms with van der Waals surface area (Å²) in [7, 11) is 0. The highest BCUT2D eigenvalue weighted by molar-refractivity contribution is 7.99. The Morgan fingerprint density at radius 3 is 2.82 bits per heavy atom. The molecule has 0 amide bonds. The molecule has 0 aliphatic rings. The van der Waals surface area contributed by atoms with Crippen molar-refractivity contribution in [3.05, 3.63) is 34.4 Å². The Kier molecular flexibility index (Phi) is 5.24. The molecular formula is C11H16N2O3S. The van der Waals surface area contributed by atoms with Crippen molar-refractivity contribution in [3.63, 3.8) is 0 Å². The zero-order valence-corrected chi connectivity index (χ0v) is 10.6. The number of thioether (sulfide) groups is 1. The summed E-state index contributed by atoms with van der Waals surface area (Å²) < 4.78 is 0. The maximum absolute atomic E-state index is 10.6. The van der Waals surface area contributed by atoms with Crippen LogP contribution in [0.4, 0.5) is 11.4 Å². The van der Waals surface area contributed by atoms with E-state index in [0.29, 0.717) is 5.69 Å². The molecule has 0 spiro atoms. The number of nitrogens with zero attached hydrogens (tertiary/aromatic N) is 1. The zero-order chi connectivity index (χ0) is 12.8. The standard InChI is InChI=1S/C11H16N2O3S/c1-8(11(7-14)17-2)12-9-4-3-5-10(6-9)13(15)16/h3-6,8,11-12,14H,7H2,1-2H3. The van der Waals surface area contributed by atoms with Crippen molar-refractivity contribution in [1.29, 1.82) is 0 Å². The summed E-state index contributed by atoms with van der Waals surface area (Å²) in [5, 5.41) is 23.0. The van der Waals surface area contributed by atoms with Crippen LogP contribution in [0.25, 0.3) is 0 Å². The Balaban J connectivity index is 2.74. The molecule has 0 bridgehead atoms. The quantitative estimate of drug-likeness (QED) is 0.602. The topological polar surface area (TPSA) is 75.4 Å². The van der Waals surface area contributed by atoms with E-state index in [-0.39, 0.29) is 23.6 Å². The van der Waals surface area contributed by atoms with Crippen molar-refractivity contribution in [2.75, 3.05) is 18.2 Å². The molecule has 0 aromatic heterocycles. The third-order valence-electron chi connectivity index (χ3n) is 2.49. The number of benzene rings is 1. The Morgan fingerprint density at radius 2 is 2.29 bits per heavy atom. The molecule has 0 radical (unpaired) electrons. The van der Waals surface area contributed by atoms with Gasteiger partial charge in [-0.2, -0.15) is 11.8 Å². The first kappa shape index (κ1) is 13.8. The first-order valence-corrected chi connectivity index (χ1v) is 6.52. The van der Waals surface area contributed by atoms with Gasteiger partial charge in [-0.05, 0) is 19.2 Å². The van der Waals surface area contributed by atoms with Crippen LogP contribution in [0.1, 0.15) is 6.92 Å². The summed E-state index contributed by atoms with van der Waals surface area (Å²) in [6.07, 6.45) is 1.92. The van der Waals surface area contributed by atoms with Crippen LogP contribution in [-0.4, -0.2) is 34.2 Å². The van der Waals surface area contributed by atoms with Crippen molar-refractivity contribution in [3.8, 4) is 0 Å². The van der Waals surface area contributed by atoms with Crippen LogP contribution in [0.3, 0.4) is 0 Å². The van der Waals surface area contributed by atoms with Crippen LogP contribution >= 0.6 is 11.8 Å². The molecule has 0 aliphatic carbocycles. The van der Waals surface area contributed by atoms with Crippen LogP contribution in [0.15, 0.2) is 24.3 Å². The summed E-state index contributed by atoms with van der Waals surface area (Å²) in [6.45, 7) is 2.01. The largest absolute Gasteiger partial charge is 0.395 e. The molecule has 0 saturated carbocycles. The first-order chi connectivity index (χ1) is 8.08. The molecular weight excluding hydrogens is 240 g/mol. The van der Waals surface area contributed by atoms with E-state index in [1.165, 1.54) is 12.1 Å². The van der Waals surface area contributed by atoms with Gasteiger partial charge in [0.25, 0.3) is 5.69 Å². The molecule has 2 N–H and O–H groups in total. The van der Waals surface area contributed by atoms with E-state index in [1.54, 1.807) is 23.9 Å². The van der Waals surface area contributed by atoms with E-state index in [9.17, 15) is 10.1 Å². The molecule has 6 heteroatoms. The number of hydrogen-bond acceptors (Lipinski definition) is 5. The van der Waals surface area contributed by atoms with E-state index in [1.807, 2.05) is 13.2 Å². The van der Waals surface area contributed by atoms with Gasteiger partial charge in [0.15, 0.2) is 0 Å². The Bertz CT molecular complexity index is 383. The fourth-order valence-electron chi connectivity index (χ4n) is 1.50. The fraction of sp³-hybridized carbons (Fsp3) is 0.455. The van der Waals surface area contributed by atoms with Gasteiger partial charge in [0, 0.05) is 29.1 Å². The van der Waals surface area contributed by atoms with Gasteiger partial charge in [-0.15, -0.1) is 0 Å².